The number of aliphatic hydroxyl groups is 1. The van der Waals surface area contributed by atoms with Crippen molar-refractivity contribution in [3.8, 4) is 0 Å². The monoisotopic (exact) mass is 286 g/mol. The Morgan fingerprint density at radius 3 is 1.95 bits per heavy atom. The van der Waals surface area contributed by atoms with Crippen LogP contribution in [0.1, 0.15) is 32.1 Å². The molecule has 0 aromatic rings. The molecule has 0 spiro atoms. The van der Waals surface area contributed by atoms with Crippen molar-refractivity contribution in [1.29, 1.82) is 0 Å². The number of ketones is 2. The van der Waals surface area contributed by atoms with Crippen molar-refractivity contribution in [2.75, 3.05) is 27.7 Å². The molecule has 1 aliphatic rings. The van der Waals surface area contributed by atoms with Crippen molar-refractivity contribution in [1.82, 2.24) is 0 Å². The molecule has 20 heavy (non-hydrogen) atoms. The predicted octanol–water partition coefficient (Wildman–Crippen LogP) is 0.227. The van der Waals surface area contributed by atoms with Gasteiger partial charge >= 0.3 is 5.97 Å². The maximum absolute atomic E-state index is 12.3. The van der Waals surface area contributed by atoms with E-state index in [1.165, 1.54) is 0 Å². The normalized spacial score (nSPS) is 22.0. The lowest BCUT2D eigenvalue weighted by molar-refractivity contribution is -0.874. The molecule has 0 bridgehead atoms. The summed E-state index contributed by atoms with van der Waals surface area (Å²) in [4.78, 5) is 36.3. The molecule has 0 aromatic heterocycles. The zero-order chi connectivity index (χ0) is 15.6. The first kappa shape index (κ1) is 16.8. The molecule has 1 unspecified atom stereocenters. The fourth-order valence-corrected chi connectivity index (χ4v) is 2.71. The predicted molar refractivity (Wildman–Crippen MR) is 72.1 cm³/mol. The Labute approximate surface area is 119 Å². The largest absolute Gasteiger partial charge is 0.480 e. The van der Waals surface area contributed by atoms with Gasteiger partial charge in [-0.05, 0) is 12.8 Å². The first-order chi connectivity index (χ1) is 9.12. The minimum Gasteiger partial charge on any atom is -0.480 e. The lowest BCUT2D eigenvalue weighted by Gasteiger charge is -2.36. The number of hydrogen-bond donors (Lipinski definition) is 2. The van der Waals surface area contributed by atoms with Gasteiger partial charge < -0.3 is 14.7 Å². The van der Waals surface area contributed by atoms with Crippen LogP contribution in [0.25, 0.3) is 0 Å². The summed E-state index contributed by atoms with van der Waals surface area (Å²) in [6, 6.07) is 0. The van der Waals surface area contributed by atoms with Gasteiger partial charge in [0.1, 0.15) is 12.6 Å². The molecule has 0 amide bonds. The molecule has 1 saturated carbocycles. The number of aliphatic hydroxyl groups excluding tert-OH is 1. The summed E-state index contributed by atoms with van der Waals surface area (Å²) in [5.41, 5.74) is -2.29. The molecular formula is C14H24NO5+. The SMILES string of the molecule is C[N+](C)(C)CC(O)C1(C(=O)O)C(=O)CCCCCC1=O. The second-order valence-electron chi connectivity index (χ2n) is 6.51. The average molecular weight is 286 g/mol. The molecule has 0 heterocycles. The number of carboxylic acids is 1. The Bertz CT molecular complexity index is 392. The molecule has 1 aliphatic carbocycles. The number of quaternary nitrogens is 1. The highest BCUT2D eigenvalue weighted by Crippen LogP contribution is 2.33. The van der Waals surface area contributed by atoms with Crippen LogP contribution in [-0.4, -0.2) is 66.0 Å². The van der Waals surface area contributed by atoms with Gasteiger partial charge in [0.05, 0.1) is 21.1 Å². The van der Waals surface area contributed by atoms with E-state index in [1.54, 1.807) is 21.1 Å². The maximum Gasteiger partial charge on any atom is 0.327 e. The molecule has 0 aliphatic heterocycles. The third-order valence-corrected chi connectivity index (χ3v) is 3.75. The Morgan fingerprint density at radius 2 is 1.60 bits per heavy atom. The molecule has 0 aromatic carbocycles. The highest BCUT2D eigenvalue weighted by Gasteiger charge is 2.58. The van der Waals surface area contributed by atoms with Crippen LogP contribution in [0.15, 0.2) is 0 Å². The lowest BCUT2D eigenvalue weighted by atomic mass is 9.70. The van der Waals surface area contributed by atoms with Crippen molar-refractivity contribution in [2.24, 2.45) is 5.41 Å². The number of aliphatic carboxylic acids is 1. The van der Waals surface area contributed by atoms with E-state index < -0.39 is 29.1 Å². The Balaban J connectivity index is 3.24. The van der Waals surface area contributed by atoms with Crippen LogP contribution >= 0.6 is 0 Å². The standard InChI is InChI=1S/C14H23NO5/c1-15(2,3)9-12(18)14(13(19)20)10(16)7-5-4-6-8-11(14)17/h12,18H,4-9H2,1-3H3/p+1. The van der Waals surface area contributed by atoms with Crippen LogP contribution in [0.2, 0.25) is 0 Å². The quantitative estimate of drug-likeness (QED) is 0.570. The van der Waals surface area contributed by atoms with Gasteiger partial charge in [-0.1, -0.05) is 6.42 Å². The molecule has 6 nitrogen and oxygen atoms in total. The van der Waals surface area contributed by atoms with Gasteiger partial charge in [0.15, 0.2) is 11.6 Å². The number of carbonyl (C=O) groups is 3. The Morgan fingerprint density at radius 1 is 1.15 bits per heavy atom. The second-order valence-corrected chi connectivity index (χ2v) is 6.51. The third-order valence-electron chi connectivity index (χ3n) is 3.75. The minimum absolute atomic E-state index is 0.0315. The molecule has 1 atom stereocenters. The molecule has 6 heteroatoms. The number of carbonyl (C=O) groups excluding carboxylic acids is 2. The van der Waals surface area contributed by atoms with Crippen molar-refractivity contribution < 1.29 is 29.1 Å². The van der Waals surface area contributed by atoms with Gasteiger partial charge in [0, 0.05) is 12.8 Å². The van der Waals surface area contributed by atoms with Crippen LogP contribution in [0.3, 0.4) is 0 Å². The van der Waals surface area contributed by atoms with Gasteiger partial charge in [-0.2, -0.15) is 0 Å². The molecule has 1 rings (SSSR count). The van der Waals surface area contributed by atoms with E-state index in [2.05, 4.69) is 0 Å². The summed E-state index contributed by atoms with van der Waals surface area (Å²) in [5, 5.41) is 19.9. The van der Waals surface area contributed by atoms with E-state index in [9.17, 15) is 24.6 Å². The van der Waals surface area contributed by atoms with Gasteiger partial charge in [-0.3, -0.25) is 14.4 Å². The lowest BCUT2D eigenvalue weighted by Crippen LogP contribution is -2.60. The third kappa shape index (κ3) is 3.24. The summed E-state index contributed by atoms with van der Waals surface area (Å²) in [6.45, 7) is 0.0315. The van der Waals surface area contributed by atoms with Crippen LogP contribution in [-0.2, 0) is 14.4 Å². The van der Waals surface area contributed by atoms with E-state index in [0.717, 1.165) is 6.42 Å². The number of nitrogens with zero attached hydrogens (tertiary/aromatic N) is 1. The van der Waals surface area contributed by atoms with Crippen LogP contribution in [0.5, 0.6) is 0 Å². The molecule has 2 N–H and O–H groups in total. The van der Waals surface area contributed by atoms with Crippen LogP contribution in [0.4, 0.5) is 0 Å². The number of rotatable bonds is 4. The van der Waals surface area contributed by atoms with E-state index in [-0.39, 0.29) is 23.9 Å². The fourth-order valence-electron chi connectivity index (χ4n) is 2.71. The van der Waals surface area contributed by atoms with Crippen molar-refractivity contribution in [3.63, 3.8) is 0 Å². The maximum atomic E-state index is 12.3. The zero-order valence-corrected chi connectivity index (χ0v) is 12.4. The summed E-state index contributed by atoms with van der Waals surface area (Å²) in [6.07, 6.45) is 0.436. The van der Waals surface area contributed by atoms with Crippen molar-refractivity contribution in [3.05, 3.63) is 0 Å². The number of likely N-dealkylation sites (N-methyl/N-ethyl adjacent to an activating group) is 1. The van der Waals surface area contributed by atoms with E-state index in [4.69, 9.17) is 0 Å². The molecule has 0 radical (unpaired) electrons. The molecule has 0 saturated heterocycles. The summed E-state index contributed by atoms with van der Waals surface area (Å²) >= 11 is 0. The van der Waals surface area contributed by atoms with E-state index in [1.807, 2.05) is 0 Å². The number of hydrogen-bond acceptors (Lipinski definition) is 4. The highest BCUT2D eigenvalue weighted by molar-refractivity contribution is 6.22. The van der Waals surface area contributed by atoms with Crippen LogP contribution < -0.4 is 0 Å². The topological polar surface area (TPSA) is 91.7 Å². The first-order valence-electron chi connectivity index (χ1n) is 6.91. The second kappa shape index (κ2) is 6.01. The summed E-state index contributed by atoms with van der Waals surface area (Å²) in [7, 11) is 5.32. The number of carboxylic acid groups (broad SMARTS) is 1. The van der Waals surface area contributed by atoms with Crippen molar-refractivity contribution in [2.45, 2.75) is 38.2 Å². The molecule has 114 valence electrons. The van der Waals surface area contributed by atoms with E-state index in [0.29, 0.717) is 12.8 Å². The van der Waals surface area contributed by atoms with Gasteiger partial charge in [-0.25, -0.2) is 0 Å². The van der Waals surface area contributed by atoms with E-state index >= 15 is 0 Å². The highest BCUT2D eigenvalue weighted by atomic mass is 16.4. The minimum atomic E-state index is -2.29. The first-order valence-corrected chi connectivity index (χ1v) is 6.91. The Kier molecular flexibility index (Phi) is 5.05. The van der Waals surface area contributed by atoms with Gasteiger partial charge in [0.2, 0.25) is 5.41 Å². The smallest absolute Gasteiger partial charge is 0.327 e. The van der Waals surface area contributed by atoms with Crippen molar-refractivity contribution >= 4 is 17.5 Å². The van der Waals surface area contributed by atoms with Gasteiger partial charge in [0.25, 0.3) is 0 Å². The molecule has 1 fully saturated rings. The number of Topliss-reactive ketones (excluding diaryl/α,β-unsaturated/α-hetero) is 2. The average Bonchev–Trinajstić information content (AvgIpc) is 2.24. The van der Waals surface area contributed by atoms with Gasteiger partial charge in [-0.15, -0.1) is 0 Å². The summed E-state index contributed by atoms with van der Waals surface area (Å²) < 4.78 is 0.275. The fraction of sp³-hybridized carbons (Fsp3) is 0.786. The molecular weight excluding hydrogens is 262 g/mol. The van der Waals surface area contributed by atoms with Crippen LogP contribution in [0, 0.1) is 5.41 Å². The summed E-state index contributed by atoms with van der Waals surface area (Å²) in [5.74, 6) is -2.83. The Hall–Kier alpha value is -1.27. The zero-order valence-electron chi connectivity index (χ0n) is 12.4.